The first-order valence-electron chi connectivity index (χ1n) is 7.34. The van der Waals surface area contributed by atoms with Crippen LogP contribution in [0.3, 0.4) is 0 Å². The number of fused-ring (bicyclic) bond motifs is 1. The number of nitrogens with one attached hydrogen (secondary N) is 1. The van der Waals surface area contributed by atoms with Crippen LogP contribution in [0.4, 0.5) is 11.8 Å². The van der Waals surface area contributed by atoms with E-state index in [1.54, 1.807) is 4.57 Å². The maximum Gasteiger partial charge on any atom is 0.296 e. The van der Waals surface area contributed by atoms with Crippen molar-refractivity contribution in [1.82, 2.24) is 19.9 Å². The fourth-order valence-electron chi connectivity index (χ4n) is 2.58. The molecule has 5 N–H and O–H groups in total. The van der Waals surface area contributed by atoms with Crippen LogP contribution >= 0.6 is 0 Å². The second-order valence-electron chi connectivity index (χ2n) is 5.67. The molecule has 0 spiro atoms. The summed E-state index contributed by atoms with van der Waals surface area (Å²) in [6.07, 6.45) is 0.674. The minimum Gasteiger partial charge on any atom is -0.394 e. The Hall–Kier alpha value is -1.97. The molecule has 1 saturated heterocycles. The summed E-state index contributed by atoms with van der Waals surface area (Å²) in [5, 5.41) is 18.6. The zero-order valence-corrected chi connectivity index (χ0v) is 12.6. The number of nitrogen functional groups attached to an aromatic ring is 1. The topological polar surface area (TPSA) is 118 Å². The van der Waals surface area contributed by atoms with E-state index in [9.17, 15) is 5.11 Å². The molecule has 9 nitrogen and oxygen atoms in total. The van der Waals surface area contributed by atoms with E-state index in [1.165, 1.54) is 6.33 Å². The van der Waals surface area contributed by atoms with Crippen LogP contribution in [-0.4, -0.2) is 76.0 Å². The molecule has 0 amide bonds. The molecular formula is C13H22N7O2+. The maximum atomic E-state index is 9.64. The summed E-state index contributed by atoms with van der Waals surface area (Å²) in [7, 11) is 2.10. The number of hydrogen-bond donors (Lipinski definition) is 4. The van der Waals surface area contributed by atoms with Crippen molar-refractivity contribution in [2.24, 2.45) is 0 Å². The van der Waals surface area contributed by atoms with Crippen molar-refractivity contribution in [3.05, 3.63) is 6.33 Å². The number of anilines is 2. The number of H-pyrrole nitrogens is 1. The van der Waals surface area contributed by atoms with Crippen LogP contribution in [0.5, 0.6) is 0 Å². The van der Waals surface area contributed by atoms with Crippen molar-refractivity contribution in [3.8, 4) is 0 Å². The van der Waals surface area contributed by atoms with Gasteiger partial charge in [-0.3, -0.25) is 0 Å². The Bertz CT molecular complexity index is 651. The number of imidazole rings is 1. The van der Waals surface area contributed by atoms with Gasteiger partial charge < -0.3 is 30.7 Å². The monoisotopic (exact) mass is 308 g/mol. The second kappa shape index (κ2) is 6.03. The first-order chi connectivity index (χ1) is 10.6. The van der Waals surface area contributed by atoms with Gasteiger partial charge in [0.25, 0.3) is 11.6 Å². The zero-order valence-electron chi connectivity index (χ0n) is 12.6. The molecule has 0 unspecified atom stereocenters. The van der Waals surface area contributed by atoms with Crippen LogP contribution in [0.25, 0.3) is 11.2 Å². The van der Waals surface area contributed by atoms with Crippen molar-refractivity contribution in [1.29, 1.82) is 0 Å². The lowest BCUT2D eigenvalue weighted by molar-refractivity contribution is -0.683. The number of nitrogens with zero attached hydrogens (tertiary/aromatic N) is 5. The number of aromatic nitrogens is 4. The average Bonchev–Trinajstić information content (AvgIpc) is 2.97. The summed E-state index contributed by atoms with van der Waals surface area (Å²) < 4.78 is 1.70. The minimum atomic E-state index is -0.859. The highest BCUT2D eigenvalue weighted by atomic mass is 16.3. The lowest BCUT2D eigenvalue weighted by Gasteiger charge is -2.30. The Kier molecular flexibility index (Phi) is 4.10. The number of aliphatic hydroxyl groups is 2. The Morgan fingerprint density at radius 3 is 2.82 bits per heavy atom. The van der Waals surface area contributed by atoms with Gasteiger partial charge in [0.1, 0.15) is 6.10 Å². The lowest BCUT2D eigenvalue weighted by atomic mass is 10.3. The highest BCUT2D eigenvalue weighted by Gasteiger charge is 2.24. The molecule has 2 aromatic rings. The van der Waals surface area contributed by atoms with Gasteiger partial charge in [-0.25, -0.2) is 4.57 Å². The van der Waals surface area contributed by atoms with Gasteiger partial charge in [0.15, 0.2) is 5.52 Å². The Labute approximate surface area is 128 Å². The molecular weight excluding hydrogens is 286 g/mol. The van der Waals surface area contributed by atoms with Crippen LogP contribution in [0.2, 0.25) is 0 Å². The van der Waals surface area contributed by atoms with Gasteiger partial charge in [-0.15, -0.1) is 0 Å². The number of hydrogen-bond acceptors (Lipinski definition) is 7. The van der Waals surface area contributed by atoms with Gasteiger partial charge in [0, 0.05) is 26.2 Å². The molecule has 1 aliphatic rings. The Balaban J connectivity index is 1.94. The third-order valence-corrected chi connectivity index (χ3v) is 3.96. The van der Waals surface area contributed by atoms with E-state index in [-0.39, 0.29) is 13.2 Å². The molecule has 0 saturated carbocycles. The van der Waals surface area contributed by atoms with Gasteiger partial charge in [-0.1, -0.05) is 9.97 Å². The van der Waals surface area contributed by atoms with Crippen molar-refractivity contribution in [2.75, 3.05) is 50.5 Å². The van der Waals surface area contributed by atoms with Gasteiger partial charge in [0.05, 0.1) is 13.2 Å². The molecule has 22 heavy (non-hydrogen) atoms. The van der Waals surface area contributed by atoms with Gasteiger partial charge in [-0.05, 0) is 7.05 Å². The number of likely N-dealkylation sites (N-methyl/N-ethyl adjacent to an activating group) is 1. The Morgan fingerprint density at radius 1 is 1.41 bits per heavy atom. The van der Waals surface area contributed by atoms with Crippen molar-refractivity contribution < 1.29 is 14.8 Å². The van der Waals surface area contributed by atoms with Gasteiger partial charge in [-0.2, -0.15) is 0 Å². The first-order valence-corrected chi connectivity index (χ1v) is 7.34. The fourth-order valence-corrected chi connectivity index (χ4v) is 2.58. The number of aromatic amines is 1. The summed E-state index contributed by atoms with van der Waals surface area (Å²) in [5.41, 5.74) is 7.21. The van der Waals surface area contributed by atoms with Gasteiger partial charge in [0.2, 0.25) is 12.1 Å². The third kappa shape index (κ3) is 2.82. The van der Waals surface area contributed by atoms with Crippen molar-refractivity contribution in [3.63, 3.8) is 0 Å². The normalized spacial score (nSPS) is 18.0. The van der Waals surface area contributed by atoms with Crippen molar-refractivity contribution >= 4 is 22.9 Å². The van der Waals surface area contributed by atoms with E-state index in [1.807, 2.05) is 0 Å². The molecule has 1 aliphatic heterocycles. The Morgan fingerprint density at radius 2 is 2.14 bits per heavy atom. The highest BCUT2D eigenvalue weighted by molar-refractivity contribution is 5.80. The SMILES string of the molecule is CN1CCN(c2nc3c([nH]2)c(N)nc[n+]3C[C@H](O)CO)CC1. The zero-order chi connectivity index (χ0) is 15.7. The summed E-state index contributed by atoms with van der Waals surface area (Å²) in [6, 6.07) is 0. The van der Waals surface area contributed by atoms with Crippen LogP contribution in [0, 0.1) is 0 Å². The van der Waals surface area contributed by atoms with E-state index in [0.717, 1.165) is 32.1 Å². The molecule has 0 radical (unpaired) electrons. The molecule has 3 rings (SSSR count). The summed E-state index contributed by atoms with van der Waals surface area (Å²) >= 11 is 0. The van der Waals surface area contributed by atoms with Gasteiger partial charge >= 0.3 is 0 Å². The summed E-state index contributed by atoms with van der Waals surface area (Å²) in [6.45, 7) is 3.65. The third-order valence-electron chi connectivity index (χ3n) is 3.96. The predicted octanol–water partition coefficient (Wildman–Crippen LogP) is -2.07. The molecule has 0 aliphatic carbocycles. The van der Waals surface area contributed by atoms with Crippen LogP contribution in [0.15, 0.2) is 6.33 Å². The largest absolute Gasteiger partial charge is 0.394 e. The number of aliphatic hydroxyl groups excluding tert-OH is 2. The standard InChI is InChI=1S/C13H21N7O2/c1-18-2-4-19(5-3-18)13-16-10-11(14)15-8-20(12(10)17-13)6-9(22)7-21/h8-9,21-22H,2-7H2,1H3,(H2,14,16,17)/p+1/t9-/m0/s1. The second-order valence-corrected chi connectivity index (χ2v) is 5.67. The van der Waals surface area contributed by atoms with Crippen molar-refractivity contribution in [2.45, 2.75) is 12.6 Å². The van der Waals surface area contributed by atoms with Crippen LogP contribution in [-0.2, 0) is 6.54 Å². The molecule has 1 fully saturated rings. The van der Waals surface area contributed by atoms with E-state index >= 15 is 0 Å². The van der Waals surface area contributed by atoms with E-state index in [2.05, 4.69) is 31.8 Å². The van der Waals surface area contributed by atoms with E-state index in [4.69, 9.17) is 10.8 Å². The lowest BCUT2D eigenvalue weighted by Crippen LogP contribution is -2.45. The quantitative estimate of drug-likeness (QED) is 0.479. The minimum absolute atomic E-state index is 0.216. The molecule has 1 atom stereocenters. The predicted molar refractivity (Wildman–Crippen MR) is 81.3 cm³/mol. The molecule has 120 valence electrons. The van der Waals surface area contributed by atoms with E-state index < -0.39 is 6.10 Å². The smallest absolute Gasteiger partial charge is 0.296 e. The van der Waals surface area contributed by atoms with E-state index in [0.29, 0.717) is 17.0 Å². The molecule has 0 bridgehead atoms. The summed E-state index contributed by atoms with van der Waals surface area (Å²) in [4.78, 5) is 16.4. The molecule has 2 aromatic heterocycles. The first kappa shape index (κ1) is 14.9. The van der Waals surface area contributed by atoms with Crippen LogP contribution in [0.1, 0.15) is 0 Å². The maximum absolute atomic E-state index is 9.64. The fraction of sp³-hybridized carbons (Fsp3) is 0.615. The van der Waals surface area contributed by atoms with Crippen LogP contribution < -0.4 is 15.2 Å². The highest BCUT2D eigenvalue weighted by Crippen LogP contribution is 2.19. The summed E-state index contributed by atoms with van der Waals surface area (Å²) in [5.74, 6) is 1.13. The molecule has 3 heterocycles. The number of nitrogens with two attached hydrogens (primary N) is 1. The molecule has 0 aromatic carbocycles. The number of rotatable bonds is 4. The molecule has 9 heteroatoms. The number of piperazine rings is 1. The average molecular weight is 308 g/mol.